The van der Waals surface area contributed by atoms with Crippen molar-refractivity contribution < 1.29 is 15.2 Å². The van der Waals surface area contributed by atoms with E-state index in [0.717, 1.165) is 18.5 Å². The van der Waals surface area contributed by atoms with E-state index in [0.29, 0.717) is 17.9 Å². The van der Waals surface area contributed by atoms with Crippen molar-refractivity contribution >= 4 is 5.97 Å². The van der Waals surface area contributed by atoms with Gasteiger partial charge in [0, 0.05) is 12.3 Å². The maximum atomic E-state index is 10.7. The van der Waals surface area contributed by atoms with Crippen LogP contribution >= 0.6 is 0 Å². The number of nitrogens with two attached hydrogens (primary N) is 1. The molecule has 0 aromatic heterocycles. The summed E-state index contributed by atoms with van der Waals surface area (Å²) in [6, 6.07) is 9.22. The van der Waals surface area contributed by atoms with E-state index in [1.165, 1.54) is 0 Å². The maximum absolute atomic E-state index is 10.7. The molecule has 0 amide bonds. The number of hydrogen-bond acceptors (Lipinski definition) is 3. The molecule has 0 spiro atoms. The van der Waals surface area contributed by atoms with Crippen LogP contribution in [0.25, 0.3) is 0 Å². The Balaban J connectivity index is 2.03. The van der Waals surface area contributed by atoms with Crippen LogP contribution in [0.4, 0.5) is 0 Å². The molecular formula is C13H14N2O2. The maximum Gasteiger partial charge on any atom is 0.127 e. The topological polar surface area (TPSA) is 80.5 Å². The second-order valence-electron chi connectivity index (χ2n) is 4.47. The molecule has 4 heteroatoms. The first-order valence-corrected chi connectivity index (χ1v) is 5.73. The van der Waals surface area contributed by atoms with Crippen molar-refractivity contribution in [1.29, 1.82) is 5.26 Å². The van der Waals surface area contributed by atoms with Gasteiger partial charge in [-0.25, -0.2) is 0 Å². The fraction of sp³-hybridized carbons (Fsp3) is 0.385. The van der Waals surface area contributed by atoms with E-state index in [2.05, 4.69) is 6.07 Å². The van der Waals surface area contributed by atoms with Crippen LogP contribution in [0.15, 0.2) is 24.3 Å². The molecule has 0 saturated carbocycles. The minimum absolute atomic E-state index is 0.312. The zero-order valence-electron chi connectivity index (χ0n) is 9.43. The molecule has 17 heavy (non-hydrogen) atoms. The van der Waals surface area contributed by atoms with E-state index in [1.54, 1.807) is 6.07 Å². The Morgan fingerprint density at radius 3 is 2.94 bits per heavy atom. The summed E-state index contributed by atoms with van der Waals surface area (Å²) in [5.41, 5.74) is 1.69. The second kappa shape index (κ2) is 4.98. The Kier molecular flexibility index (Phi) is 3.40. The van der Waals surface area contributed by atoms with Gasteiger partial charge in [0.25, 0.3) is 0 Å². The molecular weight excluding hydrogens is 216 g/mol. The third-order valence-corrected chi connectivity index (χ3v) is 3.29. The number of carbonyl (C=O) groups excluding carboxylic acids is 1. The summed E-state index contributed by atoms with van der Waals surface area (Å²) in [4.78, 5) is 10.7. The summed E-state index contributed by atoms with van der Waals surface area (Å²) in [5.74, 6) is -0.673. The molecule has 1 aromatic carbocycles. The van der Waals surface area contributed by atoms with Crippen molar-refractivity contribution in [2.45, 2.75) is 18.9 Å². The lowest BCUT2D eigenvalue weighted by molar-refractivity contribution is -0.666. The lowest BCUT2D eigenvalue weighted by Gasteiger charge is -2.08. The van der Waals surface area contributed by atoms with E-state index < -0.39 is 12.0 Å². The number of aliphatic carboxylic acids is 1. The first-order valence-electron chi connectivity index (χ1n) is 5.73. The fourth-order valence-electron chi connectivity index (χ4n) is 2.39. The molecule has 4 nitrogen and oxygen atoms in total. The van der Waals surface area contributed by atoms with Gasteiger partial charge in [0.2, 0.25) is 0 Å². The molecule has 1 fully saturated rings. The molecule has 1 aliphatic rings. The lowest BCUT2D eigenvalue weighted by atomic mass is 9.94. The van der Waals surface area contributed by atoms with E-state index >= 15 is 0 Å². The predicted molar refractivity (Wildman–Crippen MR) is 58.6 cm³/mol. The zero-order chi connectivity index (χ0) is 12.3. The summed E-state index contributed by atoms with van der Waals surface area (Å²) >= 11 is 0. The highest BCUT2D eigenvalue weighted by Crippen LogP contribution is 2.17. The Labute approximate surface area is 99.9 Å². The summed E-state index contributed by atoms with van der Waals surface area (Å²) in [6.45, 7) is 0.790. The molecule has 1 heterocycles. The highest BCUT2D eigenvalue weighted by molar-refractivity contribution is 5.69. The van der Waals surface area contributed by atoms with Crippen LogP contribution in [0.3, 0.4) is 0 Å². The summed E-state index contributed by atoms with van der Waals surface area (Å²) in [7, 11) is 0. The normalized spacial score (nSPS) is 23.2. The Morgan fingerprint density at radius 1 is 1.53 bits per heavy atom. The number of carboxylic acid groups (broad SMARTS) is 1. The second-order valence-corrected chi connectivity index (χ2v) is 4.47. The van der Waals surface area contributed by atoms with Crippen molar-refractivity contribution in [2.24, 2.45) is 5.92 Å². The van der Waals surface area contributed by atoms with Crippen LogP contribution in [-0.4, -0.2) is 18.6 Å². The van der Waals surface area contributed by atoms with Gasteiger partial charge in [0.05, 0.1) is 24.1 Å². The zero-order valence-corrected chi connectivity index (χ0v) is 9.43. The number of hydrogen-bond donors (Lipinski definition) is 1. The van der Waals surface area contributed by atoms with Gasteiger partial charge in [-0.3, -0.25) is 0 Å². The van der Waals surface area contributed by atoms with Crippen LogP contribution in [0.5, 0.6) is 0 Å². The molecule has 2 atom stereocenters. The van der Waals surface area contributed by atoms with Crippen molar-refractivity contribution in [3.63, 3.8) is 0 Å². The van der Waals surface area contributed by atoms with E-state index in [4.69, 9.17) is 5.26 Å². The first kappa shape index (κ1) is 11.6. The fourth-order valence-corrected chi connectivity index (χ4v) is 2.39. The van der Waals surface area contributed by atoms with E-state index in [9.17, 15) is 9.90 Å². The smallest absolute Gasteiger partial charge is 0.127 e. The standard InChI is InChI=1S/C13H14N2O2/c14-7-11-4-2-1-3-10(11)5-9-6-12(13(16)17)15-8-9/h1-4,9,12,15H,5-6,8H2,(H,16,17)/t9-,12+/m1/s1. The quantitative estimate of drug-likeness (QED) is 0.708. The summed E-state index contributed by atoms with van der Waals surface area (Å²) in [5, 5.41) is 21.5. The number of rotatable bonds is 3. The number of nitriles is 1. The van der Waals surface area contributed by atoms with Gasteiger partial charge in [0.15, 0.2) is 0 Å². The van der Waals surface area contributed by atoms with Crippen LogP contribution in [0.1, 0.15) is 17.5 Å². The van der Waals surface area contributed by atoms with Crippen LogP contribution in [-0.2, 0) is 11.2 Å². The van der Waals surface area contributed by atoms with Crippen molar-refractivity contribution in [2.75, 3.05) is 6.54 Å². The Bertz CT molecular complexity index is 465. The average Bonchev–Trinajstić information content (AvgIpc) is 2.78. The van der Waals surface area contributed by atoms with Crippen molar-refractivity contribution in [1.82, 2.24) is 0 Å². The van der Waals surface area contributed by atoms with Gasteiger partial charge in [-0.05, 0) is 18.1 Å². The van der Waals surface area contributed by atoms with Gasteiger partial charge in [-0.1, -0.05) is 18.2 Å². The molecule has 0 radical (unpaired) electrons. The molecule has 1 aliphatic heterocycles. The third-order valence-electron chi connectivity index (χ3n) is 3.29. The monoisotopic (exact) mass is 230 g/mol. The van der Waals surface area contributed by atoms with Crippen molar-refractivity contribution in [3.8, 4) is 6.07 Å². The minimum atomic E-state index is -0.985. The average molecular weight is 230 g/mol. The van der Waals surface area contributed by atoms with Crippen molar-refractivity contribution in [3.05, 3.63) is 35.4 Å². The summed E-state index contributed by atoms with van der Waals surface area (Å²) in [6.07, 6.45) is 1.39. The highest BCUT2D eigenvalue weighted by Gasteiger charge is 2.29. The number of quaternary nitrogens is 1. The molecule has 0 aliphatic carbocycles. The minimum Gasteiger partial charge on any atom is -0.544 e. The van der Waals surface area contributed by atoms with E-state index in [-0.39, 0.29) is 0 Å². The van der Waals surface area contributed by atoms with Gasteiger partial charge >= 0.3 is 0 Å². The molecule has 1 saturated heterocycles. The molecule has 88 valence electrons. The molecule has 2 rings (SSSR count). The van der Waals surface area contributed by atoms with Gasteiger partial charge in [-0.2, -0.15) is 5.26 Å². The Hall–Kier alpha value is -1.86. The van der Waals surface area contributed by atoms with Gasteiger partial charge < -0.3 is 15.2 Å². The van der Waals surface area contributed by atoms with Crippen LogP contribution < -0.4 is 10.4 Å². The number of nitrogens with zero attached hydrogens (tertiary/aromatic N) is 1. The predicted octanol–water partition coefficient (Wildman–Crippen LogP) is -1.20. The lowest BCUT2D eigenvalue weighted by Crippen LogP contribution is -2.90. The number of carbonyl (C=O) groups is 1. The SMILES string of the molecule is N#Cc1ccccc1C[C@H]1C[NH2+][C@H](C(=O)[O-])C1. The highest BCUT2D eigenvalue weighted by atomic mass is 16.4. The molecule has 0 bridgehead atoms. The summed E-state index contributed by atoms with van der Waals surface area (Å²) < 4.78 is 0. The van der Waals surface area contributed by atoms with Crippen LogP contribution in [0, 0.1) is 17.2 Å². The third kappa shape index (κ3) is 2.63. The van der Waals surface area contributed by atoms with Gasteiger partial charge in [0.1, 0.15) is 6.04 Å². The first-order chi connectivity index (χ1) is 8.20. The van der Waals surface area contributed by atoms with Crippen LogP contribution in [0.2, 0.25) is 0 Å². The molecule has 1 aromatic rings. The largest absolute Gasteiger partial charge is 0.544 e. The molecule has 0 unspecified atom stereocenters. The number of carboxylic acids is 1. The molecule has 2 N–H and O–H groups in total. The van der Waals surface area contributed by atoms with E-state index in [1.807, 2.05) is 23.5 Å². The number of benzene rings is 1. The Morgan fingerprint density at radius 2 is 2.29 bits per heavy atom. The van der Waals surface area contributed by atoms with Gasteiger partial charge in [-0.15, -0.1) is 0 Å².